The molecule has 13 rings (SSSR count). The summed E-state index contributed by atoms with van der Waals surface area (Å²) >= 11 is 0. The van der Waals surface area contributed by atoms with Crippen LogP contribution in [0.5, 0.6) is 0 Å². The van der Waals surface area contributed by atoms with Crippen molar-refractivity contribution < 1.29 is 85.6 Å². The lowest BCUT2D eigenvalue weighted by atomic mass is 9.84. The van der Waals surface area contributed by atoms with Gasteiger partial charge in [0, 0.05) is 57.4 Å². The first-order chi connectivity index (χ1) is 44.0. The molecule has 0 saturated carbocycles. The van der Waals surface area contributed by atoms with E-state index < -0.39 is 12.3 Å². The normalized spacial score (nSPS) is 38.7. The maximum Gasteiger partial charge on any atom is 0.509 e. The van der Waals surface area contributed by atoms with E-state index in [2.05, 4.69) is 90.7 Å². The standard InChI is InChI=1S/C34H41N3O9.C19H22O6.C15H19N3O3/c1-19-24-11-9-21(7-5-13-33(3)28(45-33)26(24)43-30(19)38)15-37-16-23(35-36-37)18-42-32(40)41-17-22-8-6-14-34(4)29(46-34)27-25(12-10-22)20(2)31(39)44-27;1-4-10-22-18(21)23-11-13-6-5-9-19(3)16(25-19)15-14(8-7-13)12(2)17(20)24-15;1-9-11-6-5-10(8-17-18-16)4-3-7-15(2)13(21-15)12(11)20-14(9)19/h7-8,16,24-29H,1-2,5-6,9-15,17-18H2,3-4H3;1,6,14-16H,2,5,7-11H2,3H3;4,11-13H,1,3,5-8H2,2H3/b21-7+,22-8+;13-6+;10-4+/t24-,25-,26-,27-,28-,29-,33+,34+;14-,15-,16-,19+;11-,12-,13-,15+/m000/s1. The number of hydrogen-bond donors (Lipinski definition) is 0. The van der Waals surface area contributed by atoms with Crippen LogP contribution in [-0.2, 0) is 89.2 Å². The van der Waals surface area contributed by atoms with Crippen LogP contribution in [0.25, 0.3) is 10.4 Å². The molecule has 0 spiro atoms. The topological polar surface area (TPSA) is 306 Å². The predicted octanol–water partition coefficient (Wildman–Crippen LogP) is 10.0. The Morgan fingerprint density at radius 2 is 0.924 bits per heavy atom. The first-order valence-corrected chi connectivity index (χ1v) is 32.0. The molecule has 9 heterocycles. The smallest absolute Gasteiger partial charge is 0.455 e. The molecule has 92 heavy (non-hydrogen) atoms. The van der Waals surface area contributed by atoms with Crippen LogP contribution in [0.2, 0.25) is 0 Å². The highest BCUT2D eigenvalue weighted by Gasteiger charge is 2.65. The SMILES string of the molecule is C#CCOC(=O)OC/C1=C/CC[C@@]2(C)O[C@H]2[C@H]2OC(=O)C(=C)[C@@H]2CC1.C=C1C(=O)O[C@H]2[C@H]1CC/C(CN=[N+]=[N-])=C\CC[C@@]1(C)O[C@@H]21.C=C1C(=O)O[C@H]2[C@H]1CC/C(COC(=O)OCc1cn(C/C3=C/CC[C@@]4(C)O[C@H]4[C@H]4OC(=O)C(=C)[C@@H]4CC3)nn1)=C\CC[C@@]1(C)O[C@@H]21. The number of ether oxygens (including phenoxy) is 12. The van der Waals surface area contributed by atoms with Gasteiger partial charge in [-0.3, -0.25) is 0 Å². The number of terminal acetylenes is 1. The summed E-state index contributed by atoms with van der Waals surface area (Å²) in [5, 5.41) is 12.1. The van der Waals surface area contributed by atoms with Gasteiger partial charge in [0.15, 0.2) is 6.61 Å². The van der Waals surface area contributed by atoms with Crippen molar-refractivity contribution in [3.05, 3.63) is 118 Å². The van der Waals surface area contributed by atoms with Crippen LogP contribution in [-0.4, -0.2) is 149 Å². The molecule has 0 aromatic carbocycles. The average molecular weight is 1270 g/mol. The van der Waals surface area contributed by atoms with Crippen molar-refractivity contribution in [2.45, 2.75) is 215 Å². The lowest BCUT2D eigenvalue weighted by Crippen LogP contribution is -2.29. The maximum atomic E-state index is 12.5. The monoisotopic (exact) mass is 1270 g/mol. The van der Waals surface area contributed by atoms with Gasteiger partial charge in [0.05, 0.1) is 35.1 Å². The van der Waals surface area contributed by atoms with E-state index in [9.17, 15) is 28.8 Å². The van der Waals surface area contributed by atoms with Gasteiger partial charge in [-0.15, -0.1) is 11.5 Å². The summed E-state index contributed by atoms with van der Waals surface area (Å²) in [6.07, 6.45) is 24.7. The van der Waals surface area contributed by atoms with Crippen LogP contribution in [0.1, 0.15) is 136 Å². The number of fused-ring (bicyclic) bond motifs is 12. The molecule has 8 fully saturated rings. The summed E-state index contributed by atoms with van der Waals surface area (Å²) in [7, 11) is 0. The van der Waals surface area contributed by atoms with Crippen molar-refractivity contribution >= 4 is 36.2 Å². The van der Waals surface area contributed by atoms with Crippen molar-refractivity contribution in [2.24, 2.45) is 28.8 Å². The molecule has 24 nitrogen and oxygen atoms in total. The number of esters is 4. The average Bonchev–Trinajstić information content (AvgIpc) is 1.61. The lowest BCUT2D eigenvalue weighted by Gasteiger charge is -2.20. The summed E-state index contributed by atoms with van der Waals surface area (Å²) in [4.78, 5) is 74.9. The van der Waals surface area contributed by atoms with E-state index in [0.29, 0.717) is 66.8 Å². The second-order valence-corrected chi connectivity index (χ2v) is 26.8. The second kappa shape index (κ2) is 27.0. The first-order valence-electron chi connectivity index (χ1n) is 32.0. The Morgan fingerprint density at radius 3 is 1.32 bits per heavy atom. The van der Waals surface area contributed by atoms with Crippen molar-refractivity contribution in [1.29, 1.82) is 0 Å². The van der Waals surface area contributed by atoms with Crippen LogP contribution in [0.4, 0.5) is 9.59 Å². The van der Waals surface area contributed by atoms with Crippen LogP contribution >= 0.6 is 0 Å². The van der Waals surface area contributed by atoms with Gasteiger partial charge in [-0.25, -0.2) is 33.4 Å². The third-order valence-corrected chi connectivity index (χ3v) is 20.4. The Balaban J connectivity index is 0.000000158. The zero-order valence-corrected chi connectivity index (χ0v) is 52.8. The highest BCUT2D eigenvalue weighted by atomic mass is 16.7. The fourth-order valence-corrected chi connectivity index (χ4v) is 14.5. The van der Waals surface area contributed by atoms with Crippen LogP contribution in [0.3, 0.4) is 0 Å². The molecular formula is C68H82N6O18. The molecule has 1 aromatic heterocycles. The van der Waals surface area contributed by atoms with Gasteiger partial charge in [0.1, 0.15) is 74.3 Å². The number of aromatic nitrogens is 3. The molecule has 0 unspecified atom stereocenters. The van der Waals surface area contributed by atoms with E-state index in [1.165, 1.54) is 5.57 Å². The van der Waals surface area contributed by atoms with E-state index in [1.54, 1.807) is 10.9 Å². The number of epoxide rings is 4. The molecule has 16 atom stereocenters. The number of hydrogen-bond acceptors (Lipinski definition) is 21. The molecule has 24 heteroatoms. The summed E-state index contributed by atoms with van der Waals surface area (Å²) in [5.74, 6) is 0.611. The van der Waals surface area contributed by atoms with Crippen LogP contribution in [0.15, 0.2) is 107 Å². The fraction of sp³-hybridized carbons (Fsp3) is 0.618. The predicted molar refractivity (Wildman–Crippen MR) is 326 cm³/mol. The molecular weight excluding hydrogens is 1190 g/mol. The summed E-state index contributed by atoms with van der Waals surface area (Å²) < 4.78 is 68.2. The van der Waals surface area contributed by atoms with Gasteiger partial charge >= 0.3 is 36.2 Å². The Morgan fingerprint density at radius 1 is 0.576 bits per heavy atom. The minimum absolute atomic E-state index is 0.00288. The van der Waals surface area contributed by atoms with Crippen molar-refractivity contribution in [3.63, 3.8) is 0 Å². The Hall–Kier alpha value is -7.81. The zero-order valence-electron chi connectivity index (χ0n) is 52.8. The Kier molecular flexibility index (Phi) is 19.3. The molecule has 1 aromatic rings. The van der Waals surface area contributed by atoms with Crippen molar-refractivity contribution in [2.75, 3.05) is 26.4 Å². The molecule has 0 amide bonds. The van der Waals surface area contributed by atoms with Gasteiger partial charge in [-0.1, -0.05) is 78.0 Å². The number of azide groups is 1. The summed E-state index contributed by atoms with van der Waals surface area (Å²) in [6, 6.07) is 0. The number of allylic oxidation sites excluding steroid dienone is 5. The first kappa shape index (κ1) is 65.7. The Bertz CT molecular complexity index is 3410. The fourth-order valence-electron chi connectivity index (χ4n) is 14.5. The van der Waals surface area contributed by atoms with Crippen LogP contribution in [0, 0.1) is 36.0 Å². The number of carbonyl (C=O) groups is 6. The second-order valence-electron chi connectivity index (χ2n) is 26.8. The highest BCUT2D eigenvalue weighted by molar-refractivity contribution is 5.92. The molecule has 492 valence electrons. The van der Waals surface area contributed by atoms with E-state index in [1.807, 2.05) is 13.8 Å². The molecule has 4 aliphatic carbocycles. The van der Waals surface area contributed by atoms with E-state index in [-0.39, 0.29) is 145 Å². The molecule has 8 aliphatic heterocycles. The quantitative estimate of drug-likeness (QED) is 0.0229. The largest absolute Gasteiger partial charge is 0.509 e. The Labute approximate surface area is 534 Å². The highest BCUT2D eigenvalue weighted by Crippen LogP contribution is 2.54. The van der Waals surface area contributed by atoms with E-state index in [4.69, 9.17) is 68.8 Å². The third kappa shape index (κ3) is 14.7. The van der Waals surface area contributed by atoms with Gasteiger partial charge in [0.25, 0.3) is 0 Å². The van der Waals surface area contributed by atoms with Crippen molar-refractivity contribution in [3.8, 4) is 12.3 Å². The van der Waals surface area contributed by atoms with Gasteiger partial charge in [-0.2, -0.15) is 0 Å². The number of carbonyl (C=O) groups excluding carboxylic acids is 6. The summed E-state index contributed by atoms with van der Waals surface area (Å²) in [6.45, 7) is 24.9. The van der Waals surface area contributed by atoms with E-state index in [0.717, 1.165) is 93.8 Å². The zero-order chi connectivity index (χ0) is 65.3. The molecule has 0 radical (unpaired) electrons. The minimum atomic E-state index is -0.793. The van der Waals surface area contributed by atoms with Gasteiger partial charge < -0.3 is 56.8 Å². The van der Waals surface area contributed by atoms with E-state index >= 15 is 0 Å². The lowest BCUT2D eigenvalue weighted by molar-refractivity contribution is -0.140. The molecule has 12 aliphatic rings. The molecule has 8 saturated heterocycles. The minimum Gasteiger partial charge on any atom is -0.455 e. The molecule has 0 N–H and O–H groups in total. The third-order valence-electron chi connectivity index (χ3n) is 20.4. The van der Waals surface area contributed by atoms with Gasteiger partial charge in [0.2, 0.25) is 0 Å². The number of nitrogens with zero attached hydrogens (tertiary/aromatic N) is 6. The maximum absolute atomic E-state index is 12.5. The summed E-state index contributed by atoms with van der Waals surface area (Å²) in [5.41, 5.74) is 14.1. The molecule has 0 bridgehead atoms. The number of rotatable bonds is 11. The van der Waals surface area contributed by atoms with Gasteiger partial charge in [-0.05, 0) is 147 Å². The van der Waals surface area contributed by atoms with Crippen LogP contribution < -0.4 is 0 Å². The van der Waals surface area contributed by atoms with Crippen molar-refractivity contribution in [1.82, 2.24) is 15.0 Å².